The molecule has 3 aromatic rings. The molecular weight excluding hydrogens is 407 g/mol. The third-order valence-electron chi connectivity index (χ3n) is 4.52. The normalized spacial score (nSPS) is 11.9. The first-order chi connectivity index (χ1) is 13.9. The topological polar surface area (TPSA) is 55.1 Å². The molecule has 1 aromatic heterocycles. The van der Waals surface area contributed by atoms with Crippen LogP contribution in [0.2, 0.25) is 10.0 Å². The number of hydrogen-bond acceptors (Lipinski definition) is 2. The van der Waals surface area contributed by atoms with Crippen molar-refractivity contribution >= 4 is 35.2 Å². The van der Waals surface area contributed by atoms with Gasteiger partial charge in [0.05, 0.1) is 16.3 Å². The second-order valence-electron chi connectivity index (χ2n) is 6.60. The number of hydrogen-bond donors (Lipinski definition) is 1. The Labute approximate surface area is 179 Å². The van der Waals surface area contributed by atoms with Crippen molar-refractivity contribution in [3.63, 3.8) is 0 Å². The highest BCUT2D eigenvalue weighted by molar-refractivity contribution is 6.36. The summed E-state index contributed by atoms with van der Waals surface area (Å²) in [5.74, 6) is -0.168. The van der Waals surface area contributed by atoms with E-state index in [4.69, 9.17) is 33.3 Å². The molecule has 0 saturated carbocycles. The molecule has 0 fully saturated rings. The Bertz CT molecular complexity index is 1100. The summed E-state index contributed by atoms with van der Waals surface area (Å²) in [5.41, 5.74) is 3.90. The minimum Gasteiger partial charge on any atom is -0.478 e. The molecule has 0 bridgehead atoms. The number of benzene rings is 2. The van der Waals surface area contributed by atoms with Crippen LogP contribution in [-0.4, -0.2) is 20.6 Å². The first-order valence-corrected chi connectivity index (χ1v) is 9.79. The van der Waals surface area contributed by atoms with E-state index in [1.165, 1.54) is 0 Å². The van der Waals surface area contributed by atoms with Crippen LogP contribution in [0.25, 0.3) is 17.3 Å². The number of carboxylic acid groups (broad SMARTS) is 1. The van der Waals surface area contributed by atoms with Crippen LogP contribution in [0.15, 0.2) is 66.4 Å². The Hall–Kier alpha value is -2.82. The zero-order valence-corrected chi connectivity index (χ0v) is 17.6. The van der Waals surface area contributed by atoms with Gasteiger partial charge in [-0.3, -0.25) is 0 Å². The molecule has 1 heterocycles. The molecule has 3 rings (SSSR count). The van der Waals surface area contributed by atoms with Gasteiger partial charge < -0.3 is 9.67 Å². The van der Waals surface area contributed by atoms with Gasteiger partial charge in [-0.1, -0.05) is 53.1 Å². The molecule has 0 unspecified atom stereocenters. The summed E-state index contributed by atoms with van der Waals surface area (Å²) < 4.78 is 2.01. The number of rotatable bonds is 6. The smallest absolute Gasteiger partial charge is 0.335 e. The summed E-state index contributed by atoms with van der Waals surface area (Å²) in [7, 11) is 0. The third kappa shape index (κ3) is 5.17. The van der Waals surface area contributed by atoms with Gasteiger partial charge in [0.1, 0.15) is 5.82 Å². The van der Waals surface area contributed by atoms with Gasteiger partial charge in [0.2, 0.25) is 0 Å². The molecule has 148 valence electrons. The van der Waals surface area contributed by atoms with Gasteiger partial charge in [-0.25, -0.2) is 9.78 Å². The maximum Gasteiger partial charge on any atom is 0.335 e. The Morgan fingerprint density at radius 3 is 2.52 bits per heavy atom. The van der Waals surface area contributed by atoms with Crippen LogP contribution in [-0.2, 0) is 6.54 Å². The summed E-state index contributed by atoms with van der Waals surface area (Å²) in [6.07, 6.45) is 7.91. The van der Waals surface area contributed by atoms with Crippen molar-refractivity contribution in [2.24, 2.45) is 0 Å². The Kier molecular flexibility index (Phi) is 6.57. The highest BCUT2D eigenvalue weighted by Crippen LogP contribution is 2.30. The zero-order valence-electron chi connectivity index (χ0n) is 16.1. The van der Waals surface area contributed by atoms with Gasteiger partial charge in [-0.05, 0) is 55.8 Å². The highest BCUT2D eigenvalue weighted by atomic mass is 35.5. The van der Waals surface area contributed by atoms with Crippen LogP contribution >= 0.6 is 23.2 Å². The number of carbonyl (C=O) groups is 1. The second kappa shape index (κ2) is 9.12. The van der Waals surface area contributed by atoms with Crippen molar-refractivity contribution in [3.8, 4) is 11.3 Å². The van der Waals surface area contributed by atoms with E-state index in [0.29, 0.717) is 16.6 Å². The molecule has 0 aliphatic carbocycles. The quantitative estimate of drug-likeness (QED) is 0.452. The summed E-state index contributed by atoms with van der Waals surface area (Å²) in [4.78, 5) is 15.8. The lowest BCUT2D eigenvalue weighted by atomic mass is 10.1. The number of aromatic carboxylic acids is 1. The average Bonchev–Trinajstić information content (AvgIpc) is 3.08. The van der Waals surface area contributed by atoms with Gasteiger partial charge in [-0.15, -0.1) is 0 Å². The molecule has 0 radical (unpaired) electrons. The summed E-state index contributed by atoms with van der Waals surface area (Å²) >= 11 is 12.4. The number of imidazole rings is 1. The maximum absolute atomic E-state index is 11.1. The second-order valence-corrected chi connectivity index (χ2v) is 7.45. The molecule has 0 saturated heterocycles. The SMILES string of the molecule is C/C=C(C)/C=C/c1nc(-c2ccc(Cl)cc2Cl)cn1Cc1ccc(C(=O)O)cc1. The van der Waals surface area contributed by atoms with E-state index < -0.39 is 5.97 Å². The molecule has 29 heavy (non-hydrogen) atoms. The van der Waals surface area contributed by atoms with Crippen LogP contribution < -0.4 is 0 Å². The van der Waals surface area contributed by atoms with E-state index in [9.17, 15) is 4.79 Å². The molecule has 0 atom stereocenters. The Morgan fingerprint density at radius 1 is 1.17 bits per heavy atom. The van der Waals surface area contributed by atoms with E-state index in [2.05, 4.69) is 0 Å². The number of carboxylic acids is 1. The van der Waals surface area contributed by atoms with Gasteiger partial charge in [0.25, 0.3) is 0 Å². The van der Waals surface area contributed by atoms with E-state index >= 15 is 0 Å². The number of halogens is 2. The van der Waals surface area contributed by atoms with Crippen molar-refractivity contribution in [1.29, 1.82) is 0 Å². The average molecular weight is 427 g/mol. The largest absolute Gasteiger partial charge is 0.478 e. The first-order valence-electron chi connectivity index (χ1n) is 9.03. The molecule has 1 N–H and O–H groups in total. The summed E-state index contributed by atoms with van der Waals surface area (Å²) in [6.45, 7) is 4.55. The van der Waals surface area contributed by atoms with Crippen LogP contribution in [0.3, 0.4) is 0 Å². The molecule has 6 heteroatoms. The maximum atomic E-state index is 11.1. The molecule has 0 aliphatic heterocycles. The molecule has 0 aliphatic rings. The lowest BCUT2D eigenvalue weighted by Crippen LogP contribution is -2.02. The Balaban J connectivity index is 2.00. The minimum atomic E-state index is -0.940. The van der Waals surface area contributed by atoms with Crippen LogP contribution in [0.1, 0.15) is 35.6 Å². The van der Waals surface area contributed by atoms with Crippen molar-refractivity contribution in [3.05, 3.63) is 93.4 Å². The lowest BCUT2D eigenvalue weighted by molar-refractivity contribution is 0.0697. The molecular formula is C23H20Cl2N2O2. The zero-order chi connectivity index (χ0) is 21.0. The lowest BCUT2D eigenvalue weighted by Gasteiger charge is -2.06. The molecule has 4 nitrogen and oxygen atoms in total. The predicted octanol–water partition coefficient (Wildman–Crippen LogP) is 6.58. The fourth-order valence-corrected chi connectivity index (χ4v) is 3.27. The minimum absolute atomic E-state index is 0.261. The van der Waals surface area contributed by atoms with Gasteiger partial charge in [-0.2, -0.15) is 0 Å². The van der Waals surface area contributed by atoms with Gasteiger partial charge >= 0.3 is 5.97 Å². The third-order valence-corrected chi connectivity index (χ3v) is 5.07. The van der Waals surface area contributed by atoms with Crippen LogP contribution in [0.5, 0.6) is 0 Å². The Morgan fingerprint density at radius 2 is 1.90 bits per heavy atom. The van der Waals surface area contributed by atoms with Crippen LogP contribution in [0.4, 0.5) is 0 Å². The van der Waals surface area contributed by atoms with E-state index in [1.807, 2.05) is 61.0 Å². The summed E-state index contributed by atoms with van der Waals surface area (Å²) in [5, 5.41) is 10.2. The first kappa shape index (κ1) is 20.9. The highest BCUT2D eigenvalue weighted by Gasteiger charge is 2.12. The van der Waals surface area contributed by atoms with E-state index in [1.54, 1.807) is 24.3 Å². The van der Waals surface area contributed by atoms with Crippen molar-refractivity contribution in [2.45, 2.75) is 20.4 Å². The number of nitrogens with zero attached hydrogens (tertiary/aromatic N) is 2. The van der Waals surface area contributed by atoms with E-state index in [0.717, 1.165) is 28.2 Å². The fourth-order valence-electron chi connectivity index (χ4n) is 2.77. The standard InChI is InChI=1S/C23H20Cl2N2O2/c1-3-15(2)4-11-22-26-21(19-10-9-18(24)12-20(19)25)14-27(22)13-16-5-7-17(8-6-16)23(28)29/h3-12,14H,13H2,1-2H3,(H,28,29)/b11-4+,15-3+. The molecule has 0 amide bonds. The van der Waals surface area contributed by atoms with Crippen molar-refractivity contribution in [1.82, 2.24) is 9.55 Å². The van der Waals surface area contributed by atoms with Crippen molar-refractivity contribution in [2.75, 3.05) is 0 Å². The number of aromatic nitrogens is 2. The molecule has 2 aromatic carbocycles. The van der Waals surface area contributed by atoms with Crippen molar-refractivity contribution < 1.29 is 9.90 Å². The number of allylic oxidation sites excluding steroid dienone is 3. The van der Waals surface area contributed by atoms with E-state index in [-0.39, 0.29) is 5.56 Å². The van der Waals surface area contributed by atoms with Crippen LogP contribution in [0, 0.1) is 0 Å². The summed E-state index contributed by atoms with van der Waals surface area (Å²) in [6, 6.07) is 12.2. The van der Waals surface area contributed by atoms with Gasteiger partial charge in [0.15, 0.2) is 0 Å². The monoisotopic (exact) mass is 426 g/mol. The predicted molar refractivity (Wildman–Crippen MR) is 119 cm³/mol. The molecule has 0 spiro atoms. The fraction of sp³-hybridized carbons (Fsp3) is 0.130. The van der Waals surface area contributed by atoms with Gasteiger partial charge in [0, 0.05) is 23.3 Å².